The minimum Gasteiger partial charge on any atom is -0.492 e. The molecule has 0 aliphatic rings. The molecule has 0 bridgehead atoms. The SMILES string of the molecule is CCOc1cc(Br)c(N)cc1Cl. The predicted octanol–water partition coefficient (Wildman–Crippen LogP) is 3.08. The van der Waals surface area contributed by atoms with Crippen LogP contribution in [0.15, 0.2) is 16.6 Å². The van der Waals surface area contributed by atoms with Crippen LogP contribution in [0.5, 0.6) is 5.75 Å². The van der Waals surface area contributed by atoms with Crippen molar-refractivity contribution in [2.45, 2.75) is 6.92 Å². The van der Waals surface area contributed by atoms with Gasteiger partial charge in [0.2, 0.25) is 0 Å². The average molecular weight is 251 g/mol. The van der Waals surface area contributed by atoms with Crippen molar-refractivity contribution in [3.63, 3.8) is 0 Å². The largest absolute Gasteiger partial charge is 0.492 e. The monoisotopic (exact) mass is 249 g/mol. The number of anilines is 1. The molecule has 0 saturated heterocycles. The fraction of sp³-hybridized carbons (Fsp3) is 0.250. The van der Waals surface area contributed by atoms with Crippen LogP contribution >= 0.6 is 27.5 Å². The van der Waals surface area contributed by atoms with E-state index in [1.807, 2.05) is 6.92 Å². The first-order valence-electron chi connectivity index (χ1n) is 3.52. The number of halogens is 2. The van der Waals surface area contributed by atoms with Crippen LogP contribution in [-0.2, 0) is 0 Å². The summed E-state index contributed by atoms with van der Waals surface area (Å²) in [6.07, 6.45) is 0. The second-order valence-electron chi connectivity index (χ2n) is 2.24. The van der Waals surface area contributed by atoms with Crippen molar-refractivity contribution in [3.8, 4) is 5.75 Å². The second kappa shape index (κ2) is 4.01. The zero-order valence-corrected chi connectivity index (χ0v) is 8.95. The van der Waals surface area contributed by atoms with Crippen molar-refractivity contribution < 1.29 is 4.74 Å². The Morgan fingerprint density at radius 2 is 2.25 bits per heavy atom. The molecule has 0 fully saturated rings. The van der Waals surface area contributed by atoms with E-state index in [1.165, 1.54) is 0 Å². The van der Waals surface area contributed by atoms with E-state index in [4.69, 9.17) is 22.1 Å². The van der Waals surface area contributed by atoms with E-state index in [2.05, 4.69) is 15.9 Å². The van der Waals surface area contributed by atoms with Crippen LogP contribution in [0, 0.1) is 0 Å². The maximum atomic E-state index is 5.85. The van der Waals surface area contributed by atoms with Crippen LogP contribution in [0.1, 0.15) is 6.92 Å². The molecule has 0 saturated carbocycles. The number of hydrogen-bond donors (Lipinski definition) is 1. The van der Waals surface area contributed by atoms with Crippen LogP contribution < -0.4 is 10.5 Å². The van der Waals surface area contributed by atoms with Crippen molar-refractivity contribution in [1.29, 1.82) is 0 Å². The summed E-state index contributed by atoms with van der Waals surface area (Å²) in [5, 5.41) is 0.539. The third-order valence-electron chi connectivity index (χ3n) is 1.35. The number of rotatable bonds is 2. The first-order valence-corrected chi connectivity index (χ1v) is 4.69. The Kier molecular flexibility index (Phi) is 3.23. The summed E-state index contributed by atoms with van der Waals surface area (Å²) in [4.78, 5) is 0. The van der Waals surface area contributed by atoms with Crippen molar-refractivity contribution in [3.05, 3.63) is 21.6 Å². The number of nitrogen functional groups attached to an aromatic ring is 1. The molecular formula is C8H9BrClNO. The quantitative estimate of drug-likeness (QED) is 0.819. The number of ether oxygens (including phenoxy) is 1. The molecule has 1 rings (SSSR count). The highest BCUT2D eigenvalue weighted by atomic mass is 79.9. The van der Waals surface area contributed by atoms with Gasteiger partial charge in [-0.1, -0.05) is 11.6 Å². The van der Waals surface area contributed by atoms with Gasteiger partial charge in [-0.2, -0.15) is 0 Å². The highest BCUT2D eigenvalue weighted by molar-refractivity contribution is 9.10. The maximum Gasteiger partial charge on any atom is 0.139 e. The zero-order valence-electron chi connectivity index (χ0n) is 6.60. The standard InChI is InChI=1S/C8H9BrClNO/c1-2-12-8-3-5(9)7(11)4-6(8)10/h3-4H,2,11H2,1H3. The van der Waals surface area contributed by atoms with E-state index >= 15 is 0 Å². The highest BCUT2D eigenvalue weighted by Gasteiger charge is 2.04. The highest BCUT2D eigenvalue weighted by Crippen LogP contribution is 2.32. The maximum absolute atomic E-state index is 5.85. The molecule has 0 spiro atoms. The molecule has 1 aromatic carbocycles. The van der Waals surface area contributed by atoms with Gasteiger partial charge in [0, 0.05) is 10.2 Å². The van der Waals surface area contributed by atoms with Crippen LogP contribution in [-0.4, -0.2) is 6.61 Å². The smallest absolute Gasteiger partial charge is 0.139 e. The first kappa shape index (κ1) is 9.68. The normalized spacial score (nSPS) is 9.92. The van der Waals surface area contributed by atoms with Crippen molar-refractivity contribution >= 4 is 33.2 Å². The summed E-state index contributed by atoms with van der Waals surface area (Å²) in [5.74, 6) is 0.653. The molecule has 0 atom stereocenters. The van der Waals surface area contributed by atoms with Crippen molar-refractivity contribution in [1.82, 2.24) is 0 Å². The molecule has 0 unspecified atom stereocenters. The minimum absolute atomic E-state index is 0.539. The molecule has 66 valence electrons. The lowest BCUT2D eigenvalue weighted by Gasteiger charge is -2.07. The van der Waals surface area contributed by atoms with Gasteiger partial charge in [-0.05, 0) is 35.0 Å². The molecule has 2 N–H and O–H groups in total. The number of nitrogens with two attached hydrogens (primary N) is 1. The van der Waals surface area contributed by atoms with Gasteiger partial charge in [0.1, 0.15) is 5.75 Å². The lowest BCUT2D eigenvalue weighted by Crippen LogP contribution is -1.94. The summed E-state index contributed by atoms with van der Waals surface area (Å²) in [6.45, 7) is 2.50. The van der Waals surface area contributed by atoms with Gasteiger partial charge in [0.05, 0.1) is 11.6 Å². The van der Waals surface area contributed by atoms with Gasteiger partial charge in [-0.15, -0.1) is 0 Å². The third-order valence-corrected chi connectivity index (χ3v) is 2.33. The summed E-state index contributed by atoms with van der Waals surface area (Å²) in [5.41, 5.74) is 6.21. The van der Waals surface area contributed by atoms with E-state index in [1.54, 1.807) is 12.1 Å². The minimum atomic E-state index is 0.539. The second-order valence-corrected chi connectivity index (χ2v) is 3.50. The summed E-state index contributed by atoms with van der Waals surface area (Å²) >= 11 is 9.14. The fourth-order valence-electron chi connectivity index (χ4n) is 0.810. The Labute approximate surface area is 84.8 Å². The predicted molar refractivity (Wildman–Crippen MR) is 54.7 cm³/mol. The van der Waals surface area contributed by atoms with Gasteiger partial charge in [0.25, 0.3) is 0 Å². The van der Waals surface area contributed by atoms with Crippen LogP contribution in [0.3, 0.4) is 0 Å². The molecule has 12 heavy (non-hydrogen) atoms. The topological polar surface area (TPSA) is 35.2 Å². The van der Waals surface area contributed by atoms with Gasteiger partial charge < -0.3 is 10.5 Å². The molecule has 0 radical (unpaired) electrons. The fourth-order valence-corrected chi connectivity index (χ4v) is 1.36. The Hall–Kier alpha value is -0.410. The van der Waals surface area contributed by atoms with E-state index in [0.29, 0.717) is 23.1 Å². The summed E-state index contributed by atoms with van der Waals surface area (Å²) in [6, 6.07) is 3.43. The van der Waals surface area contributed by atoms with Crippen molar-refractivity contribution in [2.24, 2.45) is 0 Å². The molecule has 0 aliphatic heterocycles. The van der Waals surface area contributed by atoms with E-state index in [9.17, 15) is 0 Å². The lowest BCUT2D eigenvalue weighted by atomic mass is 10.3. The molecule has 0 aromatic heterocycles. The van der Waals surface area contributed by atoms with Gasteiger partial charge in [0.15, 0.2) is 0 Å². The third kappa shape index (κ3) is 2.05. The van der Waals surface area contributed by atoms with Crippen LogP contribution in [0.2, 0.25) is 5.02 Å². The summed E-state index contributed by atoms with van der Waals surface area (Å²) < 4.78 is 6.06. The Balaban J connectivity index is 3.05. The Morgan fingerprint density at radius 3 is 2.83 bits per heavy atom. The van der Waals surface area contributed by atoms with E-state index in [0.717, 1.165) is 4.47 Å². The lowest BCUT2D eigenvalue weighted by molar-refractivity contribution is 0.340. The molecule has 1 aromatic rings. The van der Waals surface area contributed by atoms with E-state index < -0.39 is 0 Å². The Morgan fingerprint density at radius 1 is 1.58 bits per heavy atom. The number of benzene rings is 1. The average Bonchev–Trinajstić information content (AvgIpc) is 2.01. The zero-order chi connectivity index (χ0) is 9.14. The van der Waals surface area contributed by atoms with Gasteiger partial charge in [-0.25, -0.2) is 0 Å². The molecule has 2 nitrogen and oxygen atoms in total. The molecule has 4 heteroatoms. The van der Waals surface area contributed by atoms with Gasteiger partial charge in [-0.3, -0.25) is 0 Å². The van der Waals surface area contributed by atoms with Crippen LogP contribution in [0.25, 0.3) is 0 Å². The van der Waals surface area contributed by atoms with Crippen molar-refractivity contribution in [2.75, 3.05) is 12.3 Å². The summed E-state index contributed by atoms with van der Waals surface area (Å²) in [7, 11) is 0. The Bertz CT molecular complexity index is 291. The molecule has 0 amide bonds. The van der Waals surface area contributed by atoms with Gasteiger partial charge >= 0.3 is 0 Å². The molecule has 0 heterocycles. The molecular weight excluding hydrogens is 241 g/mol. The van der Waals surface area contributed by atoms with E-state index in [-0.39, 0.29) is 0 Å². The first-order chi connectivity index (χ1) is 5.65. The number of hydrogen-bond acceptors (Lipinski definition) is 2. The van der Waals surface area contributed by atoms with Crippen LogP contribution in [0.4, 0.5) is 5.69 Å². The molecule has 0 aliphatic carbocycles.